The summed E-state index contributed by atoms with van der Waals surface area (Å²) in [5.74, 6) is -1.17. The normalized spacial score (nSPS) is 12.1. The van der Waals surface area contributed by atoms with Crippen LogP contribution in [0, 0.1) is 5.92 Å². The van der Waals surface area contributed by atoms with E-state index in [0.717, 1.165) is 0 Å². The van der Waals surface area contributed by atoms with E-state index in [1.165, 1.54) is 12.3 Å². The second-order valence-electron chi connectivity index (χ2n) is 3.46. The van der Waals surface area contributed by atoms with Crippen molar-refractivity contribution in [3.8, 4) is 0 Å². The lowest BCUT2D eigenvalue weighted by Gasteiger charge is -2.12. The van der Waals surface area contributed by atoms with E-state index in [0.29, 0.717) is 13.0 Å². The molecule has 2 N–H and O–H groups in total. The Labute approximate surface area is 92.6 Å². The van der Waals surface area contributed by atoms with Crippen LogP contribution < -0.4 is 5.32 Å². The van der Waals surface area contributed by atoms with Gasteiger partial charge in [0.05, 0.1) is 6.20 Å². The zero-order valence-corrected chi connectivity index (χ0v) is 8.97. The number of nitrogens with zero attached hydrogens (tertiary/aromatic N) is 1. The van der Waals surface area contributed by atoms with E-state index in [4.69, 9.17) is 5.11 Å². The highest BCUT2D eigenvalue weighted by atomic mass is 16.5. The molecule has 0 spiro atoms. The summed E-state index contributed by atoms with van der Waals surface area (Å²) in [5.41, 5.74) is 0. The molecule has 0 aromatic carbocycles. The first-order valence-corrected chi connectivity index (χ1v) is 5.04. The Morgan fingerprint density at radius 1 is 1.62 bits per heavy atom. The summed E-state index contributed by atoms with van der Waals surface area (Å²) in [6.45, 7) is 2.20. The van der Waals surface area contributed by atoms with Gasteiger partial charge in [-0.25, -0.2) is 0 Å². The third kappa shape index (κ3) is 3.72. The quantitative estimate of drug-likeness (QED) is 0.751. The first-order chi connectivity index (χ1) is 7.63. The molecule has 0 saturated heterocycles. The molecule has 6 heteroatoms. The van der Waals surface area contributed by atoms with Crippen molar-refractivity contribution in [2.24, 2.45) is 5.92 Å². The highest BCUT2D eigenvalue weighted by Gasteiger charge is 2.14. The number of nitrogens with one attached hydrogen (secondary N) is 1. The molecule has 16 heavy (non-hydrogen) atoms. The Bertz CT molecular complexity index is 348. The largest absolute Gasteiger partial charge is 0.481 e. The number of hydrogen-bond acceptors (Lipinski definition) is 4. The molecule has 0 fully saturated rings. The molecule has 0 aliphatic heterocycles. The third-order valence-corrected chi connectivity index (χ3v) is 2.25. The minimum Gasteiger partial charge on any atom is -0.481 e. The molecule has 1 rings (SSSR count). The van der Waals surface area contributed by atoms with E-state index < -0.39 is 5.97 Å². The summed E-state index contributed by atoms with van der Waals surface area (Å²) < 4.78 is 4.66. The minimum absolute atomic E-state index is 0.0488. The number of carboxylic acids is 1. The SMILES string of the molecule is CCC(CNC(=O)c1ccno1)CC(=O)O. The van der Waals surface area contributed by atoms with Crippen LogP contribution in [-0.2, 0) is 4.79 Å². The molecule has 1 aromatic rings. The van der Waals surface area contributed by atoms with Gasteiger partial charge < -0.3 is 14.9 Å². The van der Waals surface area contributed by atoms with Gasteiger partial charge in [-0.1, -0.05) is 18.5 Å². The summed E-state index contributed by atoms with van der Waals surface area (Å²) in [5, 5.41) is 14.6. The Morgan fingerprint density at radius 3 is 2.88 bits per heavy atom. The smallest absolute Gasteiger partial charge is 0.303 e. The van der Waals surface area contributed by atoms with Crippen molar-refractivity contribution in [1.29, 1.82) is 0 Å². The van der Waals surface area contributed by atoms with E-state index in [1.54, 1.807) is 0 Å². The topological polar surface area (TPSA) is 92.4 Å². The van der Waals surface area contributed by atoms with E-state index in [2.05, 4.69) is 15.0 Å². The van der Waals surface area contributed by atoms with Crippen molar-refractivity contribution in [3.05, 3.63) is 18.0 Å². The van der Waals surface area contributed by atoms with E-state index in [-0.39, 0.29) is 24.0 Å². The fourth-order valence-electron chi connectivity index (χ4n) is 1.26. The number of rotatable bonds is 6. The second-order valence-corrected chi connectivity index (χ2v) is 3.46. The van der Waals surface area contributed by atoms with Gasteiger partial charge in [0.1, 0.15) is 0 Å². The lowest BCUT2D eigenvalue weighted by atomic mass is 10.0. The molecule has 1 heterocycles. The minimum atomic E-state index is -0.860. The van der Waals surface area contributed by atoms with Gasteiger partial charge in [-0.15, -0.1) is 0 Å². The van der Waals surface area contributed by atoms with Crippen LogP contribution in [0.25, 0.3) is 0 Å². The van der Waals surface area contributed by atoms with Crippen LogP contribution in [0.1, 0.15) is 30.3 Å². The van der Waals surface area contributed by atoms with Gasteiger partial charge in [-0.05, 0) is 5.92 Å². The van der Waals surface area contributed by atoms with Crippen molar-refractivity contribution in [1.82, 2.24) is 10.5 Å². The number of aromatic nitrogens is 1. The van der Waals surface area contributed by atoms with Crippen molar-refractivity contribution in [2.75, 3.05) is 6.54 Å². The van der Waals surface area contributed by atoms with Gasteiger partial charge >= 0.3 is 5.97 Å². The van der Waals surface area contributed by atoms with E-state index in [9.17, 15) is 9.59 Å². The predicted molar refractivity (Wildman–Crippen MR) is 54.9 cm³/mol. The molecular formula is C10H14N2O4. The van der Waals surface area contributed by atoms with Crippen LogP contribution in [0.15, 0.2) is 16.8 Å². The third-order valence-electron chi connectivity index (χ3n) is 2.25. The summed E-state index contributed by atoms with van der Waals surface area (Å²) in [6, 6.07) is 1.45. The lowest BCUT2D eigenvalue weighted by molar-refractivity contribution is -0.138. The number of carboxylic acid groups (broad SMARTS) is 1. The maximum Gasteiger partial charge on any atom is 0.303 e. The molecule has 0 aliphatic carbocycles. The highest BCUT2D eigenvalue weighted by Crippen LogP contribution is 2.07. The number of carbonyl (C=O) groups excluding carboxylic acids is 1. The van der Waals surface area contributed by atoms with Gasteiger partial charge in [-0.3, -0.25) is 9.59 Å². The van der Waals surface area contributed by atoms with Crippen LogP contribution in [0.5, 0.6) is 0 Å². The Morgan fingerprint density at radius 2 is 2.38 bits per heavy atom. The maximum absolute atomic E-state index is 11.4. The van der Waals surface area contributed by atoms with E-state index >= 15 is 0 Å². The van der Waals surface area contributed by atoms with Gasteiger partial charge in [0.25, 0.3) is 5.91 Å². The van der Waals surface area contributed by atoms with Crippen molar-refractivity contribution in [3.63, 3.8) is 0 Å². The molecule has 1 atom stereocenters. The number of hydrogen-bond donors (Lipinski definition) is 2. The van der Waals surface area contributed by atoms with Crippen LogP contribution >= 0.6 is 0 Å². The number of carbonyl (C=O) groups is 2. The molecule has 0 radical (unpaired) electrons. The summed E-state index contributed by atoms with van der Waals surface area (Å²) in [4.78, 5) is 21.9. The molecule has 0 bridgehead atoms. The second kappa shape index (κ2) is 5.89. The van der Waals surface area contributed by atoms with Gasteiger partial charge in [-0.2, -0.15) is 0 Å². The zero-order chi connectivity index (χ0) is 12.0. The summed E-state index contributed by atoms with van der Waals surface area (Å²) >= 11 is 0. The molecule has 6 nitrogen and oxygen atoms in total. The number of amides is 1. The van der Waals surface area contributed by atoms with E-state index in [1.807, 2.05) is 6.92 Å². The van der Waals surface area contributed by atoms with Gasteiger partial charge in [0, 0.05) is 19.0 Å². The Hall–Kier alpha value is -1.85. The van der Waals surface area contributed by atoms with Crippen LogP contribution in [0.4, 0.5) is 0 Å². The van der Waals surface area contributed by atoms with Gasteiger partial charge in [0.15, 0.2) is 0 Å². The Kier molecular flexibility index (Phi) is 4.50. The molecule has 1 aromatic heterocycles. The van der Waals surface area contributed by atoms with Gasteiger partial charge in [0.2, 0.25) is 5.76 Å². The van der Waals surface area contributed by atoms with Crippen molar-refractivity contribution < 1.29 is 19.2 Å². The van der Waals surface area contributed by atoms with Crippen LogP contribution in [-0.4, -0.2) is 28.7 Å². The Balaban J connectivity index is 2.38. The lowest BCUT2D eigenvalue weighted by Crippen LogP contribution is -2.29. The molecule has 88 valence electrons. The first kappa shape index (κ1) is 12.2. The predicted octanol–water partition coefficient (Wildman–Crippen LogP) is 0.905. The first-order valence-electron chi connectivity index (χ1n) is 5.04. The monoisotopic (exact) mass is 226 g/mol. The molecular weight excluding hydrogens is 212 g/mol. The van der Waals surface area contributed by atoms with Crippen molar-refractivity contribution in [2.45, 2.75) is 19.8 Å². The molecule has 1 amide bonds. The van der Waals surface area contributed by atoms with Crippen LogP contribution in [0.2, 0.25) is 0 Å². The summed E-state index contributed by atoms with van der Waals surface area (Å²) in [6.07, 6.45) is 2.12. The fourth-order valence-corrected chi connectivity index (χ4v) is 1.26. The molecule has 0 saturated carbocycles. The fraction of sp³-hybridized carbons (Fsp3) is 0.500. The molecule has 1 unspecified atom stereocenters. The summed E-state index contributed by atoms with van der Waals surface area (Å²) in [7, 11) is 0. The zero-order valence-electron chi connectivity index (χ0n) is 8.97. The average molecular weight is 226 g/mol. The number of aliphatic carboxylic acids is 1. The van der Waals surface area contributed by atoms with Crippen molar-refractivity contribution >= 4 is 11.9 Å². The van der Waals surface area contributed by atoms with Crippen LogP contribution in [0.3, 0.4) is 0 Å². The highest BCUT2D eigenvalue weighted by molar-refractivity contribution is 5.91. The maximum atomic E-state index is 11.4. The molecule has 0 aliphatic rings. The standard InChI is InChI=1S/C10H14N2O4/c1-2-7(5-9(13)14)6-11-10(15)8-3-4-12-16-8/h3-4,7H,2,5-6H2,1H3,(H,11,15)(H,13,14). The average Bonchev–Trinajstić information content (AvgIpc) is 2.76.